The zero-order valence-corrected chi connectivity index (χ0v) is 11.2. The van der Waals surface area contributed by atoms with Gasteiger partial charge in [0.25, 0.3) is 5.91 Å². The number of hydrogen-bond donors (Lipinski definition) is 1. The Morgan fingerprint density at radius 1 is 1.21 bits per heavy atom. The molecule has 0 radical (unpaired) electrons. The van der Waals surface area contributed by atoms with Crippen LogP contribution in [0.15, 0.2) is 28.7 Å². The smallest absolute Gasteiger partial charge is 0.287 e. The van der Waals surface area contributed by atoms with Crippen molar-refractivity contribution in [1.29, 1.82) is 0 Å². The Labute approximate surface area is 113 Å². The van der Waals surface area contributed by atoms with Gasteiger partial charge in [0.2, 0.25) is 0 Å². The highest BCUT2D eigenvalue weighted by molar-refractivity contribution is 5.96. The highest BCUT2D eigenvalue weighted by atomic mass is 16.3. The summed E-state index contributed by atoms with van der Waals surface area (Å²) in [6.07, 6.45) is 5.89. The summed E-state index contributed by atoms with van der Waals surface area (Å²) in [5, 5.41) is 4.06. The molecule has 1 heterocycles. The molecule has 0 unspecified atom stereocenters. The minimum atomic E-state index is -0.0826. The maximum Gasteiger partial charge on any atom is 0.287 e. The lowest BCUT2D eigenvalue weighted by molar-refractivity contribution is 0.0902. The quantitative estimate of drug-likeness (QED) is 0.889. The van der Waals surface area contributed by atoms with E-state index in [-0.39, 0.29) is 5.91 Å². The molecule has 1 saturated carbocycles. The highest BCUT2D eigenvalue weighted by Crippen LogP contribution is 2.22. The maximum absolute atomic E-state index is 12.2. The SMILES string of the molecule is Cc1ccc2cc(C(=O)NC3CCCCC3)oc2c1. The first-order chi connectivity index (χ1) is 9.22. The zero-order valence-electron chi connectivity index (χ0n) is 11.2. The van der Waals surface area contributed by atoms with E-state index in [0.717, 1.165) is 29.4 Å². The van der Waals surface area contributed by atoms with Crippen LogP contribution in [0, 0.1) is 6.92 Å². The van der Waals surface area contributed by atoms with Crippen molar-refractivity contribution in [3.63, 3.8) is 0 Å². The van der Waals surface area contributed by atoms with E-state index in [9.17, 15) is 4.79 Å². The van der Waals surface area contributed by atoms with Crippen LogP contribution < -0.4 is 5.32 Å². The van der Waals surface area contributed by atoms with E-state index in [1.807, 2.05) is 31.2 Å². The number of fused-ring (bicyclic) bond motifs is 1. The predicted molar refractivity (Wildman–Crippen MR) is 75.3 cm³/mol. The average Bonchev–Trinajstić information content (AvgIpc) is 2.83. The van der Waals surface area contributed by atoms with Crippen LogP contribution in [0.25, 0.3) is 11.0 Å². The topological polar surface area (TPSA) is 42.2 Å². The summed E-state index contributed by atoms with van der Waals surface area (Å²) in [5.41, 5.74) is 1.93. The molecule has 0 bridgehead atoms. The van der Waals surface area contributed by atoms with Gasteiger partial charge in [0.05, 0.1) is 0 Å². The van der Waals surface area contributed by atoms with Crippen LogP contribution >= 0.6 is 0 Å². The number of nitrogens with one attached hydrogen (secondary N) is 1. The van der Waals surface area contributed by atoms with E-state index in [1.54, 1.807) is 0 Å². The number of benzene rings is 1. The molecule has 1 aliphatic carbocycles. The number of carbonyl (C=O) groups is 1. The lowest BCUT2D eigenvalue weighted by Gasteiger charge is -2.22. The third kappa shape index (κ3) is 2.65. The summed E-state index contributed by atoms with van der Waals surface area (Å²) in [4.78, 5) is 12.2. The fourth-order valence-corrected chi connectivity index (χ4v) is 2.75. The summed E-state index contributed by atoms with van der Waals surface area (Å²) in [6, 6.07) is 8.13. The lowest BCUT2D eigenvalue weighted by atomic mass is 9.95. The fraction of sp³-hybridized carbons (Fsp3) is 0.438. The molecule has 3 nitrogen and oxygen atoms in total. The van der Waals surface area contributed by atoms with Crippen molar-refractivity contribution in [1.82, 2.24) is 5.32 Å². The minimum Gasteiger partial charge on any atom is -0.451 e. The Hall–Kier alpha value is -1.77. The number of aryl methyl sites for hydroxylation is 1. The summed E-state index contributed by atoms with van der Waals surface area (Å²) in [5.74, 6) is 0.340. The normalized spacial score (nSPS) is 16.7. The summed E-state index contributed by atoms with van der Waals surface area (Å²) >= 11 is 0. The molecule has 0 saturated heterocycles. The van der Waals surface area contributed by atoms with Gasteiger partial charge in [-0.05, 0) is 37.5 Å². The van der Waals surface area contributed by atoms with Gasteiger partial charge in [0.1, 0.15) is 5.58 Å². The van der Waals surface area contributed by atoms with E-state index in [2.05, 4.69) is 5.32 Å². The second-order valence-electron chi connectivity index (χ2n) is 5.46. The first-order valence-corrected chi connectivity index (χ1v) is 7.03. The molecule has 2 aromatic rings. The number of amides is 1. The second kappa shape index (κ2) is 5.08. The van der Waals surface area contributed by atoms with Gasteiger partial charge in [-0.2, -0.15) is 0 Å². The van der Waals surface area contributed by atoms with Crippen molar-refractivity contribution >= 4 is 16.9 Å². The minimum absolute atomic E-state index is 0.0826. The Bertz CT molecular complexity index is 594. The van der Waals surface area contributed by atoms with Crippen LogP contribution in [0.2, 0.25) is 0 Å². The van der Waals surface area contributed by atoms with Gasteiger partial charge in [-0.15, -0.1) is 0 Å². The molecule has 3 heteroatoms. The van der Waals surface area contributed by atoms with Crippen LogP contribution in [0.3, 0.4) is 0 Å². The van der Waals surface area contributed by atoms with Gasteiger partial charge in [-0.1, -0.05) is 31.4 Å². The van der Waals surface area contributed by atoms with Gasteiger partial charge in [-0.25, -0.2) is 0 Å². The number of furan rings is 1. The predicted octanol–water partition coefficient (Wildman–Crippen LogP) is 3.80. The van der Waals surface area contributed by atoms with E-state index in [4.69, 9.17) is 4.42 Å². The average molecular weight is 257 g/mol. The van der Waals surface area contributed by atoms with Crippen LogP contribution in [-0.4, -0.2) is 11.9 Å². The Kier molecular flexibility index (Phi) is 3.28. The number of carbonyl (C=O) groups excluding carboxylic acids is 1. The van der Waals surface area contributed by atoms with Gasteiger partial charge in [-0.3, -0.25) is 4.79 Å². The van der Waals surface area contributed by atoms with Crippen LogP contribution in [0.4, 0.5) is 0 Å². The van der Waals surface area contributed by atoms with Crippen molar-refractivity contribution in [3.05, 3.63) is 35.6 Å². The molecular weight excluding hydrogens is 238 g/mol. The zero-order chi connectivity index (χ0) is 13.2. The standard InChI is InChI=1S/C16H19NO2/c1-11-7-8-12-10-15(19-14(12)9-11)16(18)17-13-5-3-2-4-6-13/h7-10,13H,2-6H2,1H3,(H,17,18). The number of hydrogen-bond acceptors (Lipinski definition) is 2. The molecule has 0 spiro atoms. The van der Waals surface area contributed by atoms with E-state index in [1.165, 1.54) is 19.3 Å². The van der Waals surface area contributed by atoms with Crippen LogP contribution in [0.1, 0.15) is 48.2 Å². The number of rotatable bonds is 2. The van der Waals surface area contributed by atoms with E-state index < -0.39 is 0 Å². The van der Waals surface area contributed by atoms with Gasteiger partial charge in [0, 0.05) is 11.4 Å². The van der Waals surface area contributed by atoms with Gasteiger partial charge >= 0.3 is 0 Å². The molecule has 0 aliphatic heterocycles. The Morgan fingerprint density at radius 3 is 2.79 bits per heavy atom. The summed E-state index contributed by atoms with van der Waals surface area (Å²) in [7, 11) is 0. The van der Waals surface area contributed by atoms with Crippen molar-refractivity contribution < 1.29 is 9.21 Å². The van der Waals surface area contributed by atoms with E-state index >= 15 is 0 Å². The fourth-order valence-electron chi connectivity index (χ4n) is 2.75. The van der Waals surface area contributed by atoms with E-state index in [0.29, 0.717) is 11.8 Å². The van der Waals surface area contributed by atoms with Crippen molar-refractivity contribution in [2.45, 2.75) is 45.1 Å². The van der Waals surface area contributed by atoms with Gasteiger partial charge < -0.3 is 9.73 Å². The molecule has 1 amide bonds. The Balaban J connectivity index is 1.77. The molecule has 1 aliphatic rings. The molecule has 19 heavy (non-hydrogen) atoms. The summed E-state index contributed by atoms with van der Waals surface area (Å²) < 4.78 is 5.64. The lowest BCUT2D eigenvalue weighted by Crippen LogP contribution is -2.35. The molecule has 1 fully saturated rings. The molecule has 3 rings (SSSR count). The monoisotopic (exact) mass is 257 g/mol. The molecular formula is C16H19NO2. The molecule has 0 atom stereocenters. The van der Waals surface area contributed by atoms with Crippen LogP contribution in [0.5, 0.6) is 0 Å². The third-order valence-corrected chi connectivity index (χ3v) is 3.84. The molecule has 1 aromatic heterocycles. The molecule has 1 N–H and O–H groups in total. The van der Waals surface area contributed by atoms with Crippen molar-refractivity contribution in [2.24, 2.45) is 0 Å². The van der Waals surface area contributed by atoms with Gasteiger partial charge in [0.15, 0.2) is 5.76 Å². The summed E-state index contributed by atoms with van der Waals surface area (Å²) in [6.45, 7) is 2.02. The third-order valence-electron chi connectivity index (χ3n) is 3.84. The molecule has 100 valence electrons. The second-order valence-corrected chi connectivity index (χ2v) is 5.46. The van der Waals surface area contributed by atoms with Crippen molar-refractivity contribution in [2.75, 3.05) is 0 Å². The van der Waals surface area contributed by atoms with Crippen LogP contribution in [-0.2, 0) is 0 Å². The Morgan fingerprint density at radius 2 is 2.00 bits per heavy atom. The largest absolute Gasteiger partial charge is 0.451 e. The van der Waals surface area contributed by atoms with Crippen molar-refractivity contribution in [3.8, 4) is 0 Å². The maximum atomic E-state index is 12.2. The first-order valence-electron chi connectivity index (χ1n) is 7.03. The first kappa shape index (κ1) is 12.3. The highest BCUT2D eigenvalue weighted by Gasteiger charge is 2.19. The molecule has 1 aromatic carbocycles.